The molecule has 3 aromatic carbocycles. The molecule has 9 nitrogen and oxygen atoms in total. The number of piperidine rings is 1. The second-order valence-corrected chi connectivity index (χ2v) is 12.7. The van der Waals surface area contributed by atoms with Crippen molar-refractivity contribution in [2.24, 2.45) is 0 Å². The summed E-state index contributed by atoms with van der Waals surface area (Å²) in [6.07, 6.45) is 1.22. The number of nitrogens with zero attached hydrogens (tertiary/aromatic N) is 4. The fourth-order valence-electron chi connectivity index (χ4n) is 6.01. The Bertz CT molecular complexity index is 1700. The van der Waals surface area contributed by atoms with Crippen LogP contribution in [-0.2, 0) is 16.6 Å². The molecule has 1 amide bonds. The number of sulfonamides is 1. The van der Waals surface area contributed by atoms with E-state index in [2.05, 4.69) is 5.32 Å². The predicted molar refractivity (Wildman–Crippen MR) is 162 cm³/mol. The summed E-state index contributed by atoms with van der Waals surface area (Å²) in [6, 6.07) is 27.1. The topological polar surface area (TPSA) is 96.6 Å². The molecular formula is C32H35N5O4S. The predicted octanol–water partition coefficient (Wildman–Crippen LogP) is 3.44. The average molecular weight is 586 g/mol. The number of carbonyl (C=O) groups excluding carboxylic acids is 1. The molecule has 4 aromatic rings. The van der Waals surface area contributed by atoms with E-state index in [4.69, 9.17) is 0 Å². The summed E-state index contributed by atoms with van der Waals surface area (Å²) in [5, 5.41) is 3.29. The fourth-order valence-corrected chi connectivity index (χ4v) is 7.55. The summed E-state index contributed by atoms with van der Waals surface area (Å²) in [5.41, 5.74) is 2.25. The highest BCUT2D eigenvalue weighted by Crippen LogP contribution is 2.33. The first-order valence-electron chi connectivity index (χ1n) is 14.4. The smallest absolute Gasteiger partial charge is 0.329 e. The highest BCUT2D eigenvalue weighted by molar-refractivity contribution is 7.89. The Labute approximate surface area is 246 Å². The molecule has 6 rings (SSSR count). The molecule has 0 saturated carbocycles. The van der Waals surface area contributed by atoms with Crippen molar-refractivity contribution in [2.75, 3.05) is 39.3 Å². The standard InChI is InChI=1S/C32H35N5O4S/c38-31(34-21-18-33-19-22-34)30-29(26-13-6-2-7-14-26)37(32(39)36(30)23-25-11-4-1-5-12-25)27-15-10-20-35(24-27)42(40,41)28-16-8-3-9-17-28/h1-9,11-14,16-17,27,33H,10,15,18-24H2. The van der Waals surface area contributed by atoms with Crippen molar-refractivity contribution in [1.29, 1.82) is 0 Å². The number of amides is 1. The second kappa shape index (κ2) is 12.1. The van der Waals surface area contributed by atoms with Gasteiger partial charge in [0, 0.05) is 44.8 Å². The van der Waals surface area contributed by atoms with Crippen LogP contribution in [0.2, 0.25) is 0 Å². The maximum absolute atomic E-state index is 14.5. The molecular weight excluding hydrogens is 550 g/mol. The number of aromatic nitrogens is 2. The monoisotopic (exact) mass is 585 g/mol. The molecule has 42 heavy (non-hydrogen) atoms. The Morgan fingerprint density at radius 3 is 2.12 bits per heavy atom. The number of nitrogens with one attached hydrogen (secondary N) is 1. The normalized spacial score (nSPS) is 18.2. The van der Waals surface area contributed by atoms with Crippen LogP contribution < -0.4 is 11.0 Å². The molecule has 1 aromatic heterocycles. The van der Waals surface area contributed by atoms with Gasteiger partial charge in [-0.25, -0.2) is 13.2 Å². The third-order valence-electron chi connectivity index (χ3n) is 8.12. The number of imidazole rings is 1. The van der Waals surface area contributed by atoms with Crippen LogP contribution in [0.1, 0.15) is 34.9 Å². The van der Waals surface area contributed by atoms with Gasteiger partial charge in [-0.2, -0.15) is 4.31 Å². The zero-order chi connectivity index (χ0) is 29.1. The molecule has 2 fully saturated rings. The first-order chi connectivity index (χ1) is 20.4. The lowest BCUT2D eigenvalue weighted by Crippen LogP contribution is -2.47. The lowest BCUT2D eigenvalue weighted by Gasteiger charge is -2.33. The molecule has 218 valence electrons. The lowest BCUT2D eigenvalue weighted by molar-refractivity contribution is 0.0725. The Morgan fingerprint density at radius 1 is 0.833 bits per heavy atom. The number of benzene rings is 3. The number of rotatable bonds is 7. The van der Waals surface area contributed by atoms with Crippen LogP contribution >= 0.6 is 0 Å². The molecule has 2 aliphatic rings. The fraction of sp³-hybridized carbons (Fsp3) is 0.312. The Kier molecular flexibility index (Phi) is 8.10. The van der Waals surface area contributed by atoms with E-state index < -0.39 is 16.1 Å². The largest absolute Gasteiger partial charge is 0.335 e. The van der Waals surface area contributed by atoms with E-state index in [0.29, 0.717) is 57.0 Å². The van der Waals surface area contributed by atoms with Gasteiger partial charge in [0.15, 0.2) is 0 Å². The van der Waals surface area contributed by atoms with Crippen LogP contribution in [0.25, 0.3) is 11.3 Å². The van der Waals surface area contributed by atoms with Gasteiger partial charge in [0.05, 0.1) is 23.2 Å². The molecule has 3 heterocycles. The summed E-state index contributed by atoms with van der Waals surface area (Å²) in [7, 11) is -3.75. The highest BCUT2D eigenvalue weighted by Gasteiger charge is 2.36. The Morgan fingerprint density at radius 2 is 1.45 bits per heavy atom. The van der Waals surface area contributed by atoms with Gasteiger partial charge in [0.2, 0.25) is 10.0 Å². The molecule has 1 unspecified atom stereocenters. The lowest BCUT2D eigenvalue weighted by atomic mass is 10.0. The first-order valence-corrected chi connectivity index (χ1v) is 15.9. The number of hydrogen-bond donors (Lipinski definition) is 1. The number of carbonyl (C=O) groups is 1. The zero-order valence-electron chi connectivity index (χ0n) is 23.4. The molecule has 2 saturated heterocycles. The SMILES string of the molecule is O=C(c1c(-c2ccccc2)n(C2CCCN(S(=O)(=O)c3ccccc3)C2)c(=O)n1Cc1ccccc1)N1CCNCC1. The van der Waals surface area contributed by atoms with Gasteiger partial charge < -0.3 is 10.2 Å². The van der Waals surface area contributed by atoms with Gasteiger partial charge in [-0.3, -0.25) is 13.9 Å². The summed E-state index contributed by atoms with van der Waals surface area (Å²) in [5.74, 6) is -0.188. The van der Waals surface area contributed by atoms with Gasteiger partial charge in [0.1, 0.15) is 5.69 Å². The van der Waals surface area contributed by atoms with Gasteiger partial charge >= 0.3 is 5.69 Å². The first kappa shape index (κ1) is 28.1. The molecule has 2 aliphatic heterocycles. The van der Waals surface area contributed by atoms with Crippen molar-refractivity contribution in [3.63, 3.8) is 0 Å². The maximum atomic E-state index is 14.5. The number of hydrogen-bond acceptors (Lipinski definition) is 5. The van der Waals surface area contributed by atoms with E-state index in [1.54, 1.807) is 44.4 Å². The third kappa shape index (κ3) is 5.45. The van der Waals surface area contributed by atoms with Crippen molar-refractivity contribution in [1.82, 2.24) is 23.7 Å². The van der Waals surface area contributed by atoms with Gasteiger partial charge in [-0.1, -0.05) is 78.9 Å². The minimum Gasteiger partial charge on any atom is -0.335 e. The van der Waals surface area contributed by atoms with Crippen molar-refractivity contribution in [3.8, 4) is 11.3 Å². The molecule has 0 bridgehead atoms. The van der Waals surface area contributed by atoms with E-state index >= 15 is 0 Å². The van der Waals surface area contributed by atoms with Crippen molar-refractivity contribution in [3.05, 3.63) is 113 Å². The quantitative estimate of drug-likeness (QED) is 0.359. The minimum atomic E-state index is -3.75. The molecule has 0 spiro atoms. The van der Waals surface area contributed by atoms with Crippen LogP contribution in [-0.4, -0.2) is 71.9 Å². The molecule has 10 heteroatoms. The summed E-state index contributed by atoms with van der Waals surface area (Å²) >= 11 is 0. The van der Waals surface area contributed by atoms with Crippen LogP contribution in [0.3, 0.4) is 0 Å². The van der Waals surface area contributed by atoms with Crippen molar-refractivity contribution >= 4 is 15.9 Å². The molecule has 1 atom stereocenters. The van der Waals surface area contributed by atoms with Gasteiger partial charge in [-0.05, 0) is 30.5 Å². The second-order valence-electron chi connectivity index (χ2n) is 10.8. The zero-order valence-corrected chi connectivity index (χ0v) is 24.2. The molecule has 0 aliphatic carbocycles. The number of piperazine rings is 1. The van der Waals surface area contributed by atoms with E-state index in [9.17, 15) is 18.0 Å². The van der Waals surface area contributed by atoms with E-state index in [1.165, 1.54) is 4.31 Å². The van der Waals surface area contributed by atoms with Crippen molar-refractivity contribution < 1.29 is 13.2 Å². The summed E-state index contributed by atoms with van der Waals surface area (Å²) in [6.45, 7) is 3.22. The van der Waals surface area contributed by atoms with Crippen LogP contribution in [0.5, 0.6) is 0 Å². The highest BCUT2D eigenvalue weighted by atomic mass is 32.2. The minimum absolute atomic E-state index is 0.146. The van der Waals surface area contributed by atoms with E-state index in [0.717, 1.165) is 11.1 Å². The van der Waals surface area contributed by atoms with Gasteiger partial charge in [-0.15, -0.1) is 0 Å². The Hall–Kier alpha value is -3.99. The maximum Gasteiger partial charge on any atom is 0.329 e. The third-order valence-corrected chi connectivity index (χ3v) is 9.99. The summed E-state index contributed by atoms with van der Waals surface area (Å²) < 4.78 is 32.0. The molecule has 1 N–H and O–H groups in total. The van der Waals surface area contributed by atoms with E-state index in [-0.39, 0.29) is 29.6 Å². The van der Waals surface area contributed by atoms with Gasteiger partial charge in [0.25, 0.3) is 5.91 Å². The molecule has 0 radical (unpaired) electrons. The van der Waals surface area contributed by atoms with E-state index in [1.807, 2.05) is 60.7 Å². The Balaban J connectivity index is 1.51. The average Bonchev–Trinajstić information content (AvgIpc) is 3.33. The van der Waals surface area contributed by atoms with Crippen LogP contribution in [0, 0.1) is 0 Å². The van der Waals surface area contributed by atoms with Crippen LogP contribution in [0.4, 0.5) is 0 Å². The summed E-state index contributed by atoms with van der Waals surface area (Å²) in [4.78, 5) is 30.8. The van der Waals surface area contributed by atoms with Crippen LogP contribution in [0.15, 0.2) is 101 Å². The van der Waals surface area contributed by atoms with Crippen molar-refractivity contribution in [2.45, 2.75) is 30.3 Å².